The molecule has 7 nitrogen and oxygen atoms in total. The fourth-order valence-corrected chi connectivity index (χ4v) is 0.911. The molecular formula is C8H14N2O5. The minimum atomic E-state index is -1.50. The molecule has 2 amide bonds. The number of hydrogen-bond donors (Lipinski definition) is 4. The molecule has 0 aliphatic heterocycles. The molecular weight excluding hydrogens is 204 g/mol. The van der Waals surface area contributed by atoms with E-state index >= 15 is 0 Å². The molecule has 0 aliphatic carbocycles. The van der Waals surface area contributed by atoms with Gasteiger partial charge in [-0.2, -0.15) is 0 Å². The first kappa shape index (κ1) is 13.2. The Morgan fingerprint density at radius 2 is 1.80 bits per heavy atom. The zero-order chi connectivity index (χ0) is 12.1. The summed E-state index contributed by atoms with van der Waals surface area (Å²) in [4.78, 5) is 32.1. The van der Waals surface area contributed by atoms with Crippen LogP contribution in [-0.4, -0.2) is 41.8 Å². The average Bonchev–Trinajstić information content (AvgIpc) is 2.12. The van der Waals surface area contributed by atoms with Crippen LogP contribution in [0.4, 0.5) is 4.79 Å². The molecule has 4 N–H and O–H groups in total. The Morgan fingerprint density at radius 3 is 2.13 bits per heavy atom. The van der Waals surface area contributed by atoms with Crippen molar-refractivity contribution in [3.8, 4) is 0 Å². The number of urea groups is 1. The number of amides is 2. The van der Waals surface area contributed by atoms with Gasteiger partial charge in [0.15, 0.2) is 0 Å². The number of nitrogens with one attached hydrogen (secondary N) is 2. The number of rotatable bonds is 5. The summed E-state index contributed by atoms with van der Waals surface area (Å²) in [5.41, 5.74) is -1.50. The van der Waals surface area contributed by atoms with Crippen LogP contribution in [0.2, 0.25) is 0 Å². The topological polar surface area (TPSA) is 116 Å². The van der Waals surface area contributed by atoms with E-state index in [-0.39, 0.29) is 6.54 Å². The second-order valence-corrected chi connectivity index (χ2v) is 3.37. The van der Waals surface area contributed by atoms with Crippen LogP contribution in [0.3, 0.4) is 0 Å². The van der Waals surface area contributed by atoms with E-state index in [2.05, 4.69) is 10.6 Å². The van der Waals surface area contributed by atoms with Crippen molar-refractivity contribution in [1.82, 2.24) is 10.6 Å². The fourth-order valence-electron chi connectivity index (χ4n) is 0.911. The lowest BCUT2D eigenvalue weighted by atomic mass is 9.87. The van der Waals surface area contributed by atoms with Crippen LogP contribution >= 0.6 is 0 Å². The maximum atomic E-state index is 10.8. The Kier molecular flexibility index (Phi) is 4.56. The van der Waals surface area contributed by atoms with Gasteiger partial charge >= 0.3 is 18.0 Å². The highest BCUT2D eigenvalue weighted by molar-refractivity contribution is 5.82. The summed E-state index contributed by atoms with van der Waals surface area (Å²) in [6.07, 6.45) is -0.549. The van der Waals surface area contributed by atoms with Gasteiger partial charge in [-0.1, -0.05) is 0 Å². The molecule has 0 aromatic carbocycles. The first-order chi connectivity index (χ1) is 6.81. The second kappa shape index (κ2) is 5.18. The minimum absolute atomic E-state index is 0.242. The lowest BCUT2D eigenvalue weighted by Gasteiger charge is -2.22. The Bertz CT molecular complexity index is 278. The van der Waals surface area contributed by atoms with Crippen LogP contribution < -0.4 is 10.6 Å². The second-order valence-electron chi connectivity index (χ2n) is 3.37. The third kappa shape index (κ3) is 4.30. The Labute approximate surface area is 86.5 Å². The molecule has 0 saturated heterocycles. The Balaban J connectivity index is 4.45. The first-order valence-electron chi connectivity index (χ1n) is 4.22. The summed E-state index contributed by atoms with van der Waals surface area (Å²) in [7, 11) is 1.38. The minimum Gasteiger partial charge on any atom is -0.481 e. The predicted octanol–water partition coefficient (Wildman–Crippen LogP) is -0.519. The van der Waals surface area contributed by atoms with Crippen molar-refractivity contribution in [3.63, 3.8) is 0 Å². The standard InChI is InChI=1S/C8H14N2O5/c1-8(6(13)14,3-5(11)12)4-10-7(15)9-2/h3-4H2,1-2H3,(H,11,12)(H,13,14)(H2,9,10,15). The van der Waals surface area contributed by atoms with E-state index in [0.29, 0.717) is 0 Å². The van der Waals surface area contributed by atoms with Crippen molar-refractivity contribution in [2.45, 2.75) is 13.3 Å². The van der Waals surface area contributed by atoms with Gasteiger partial charge in [-0.3, -0.25) is 9.59 Å². The van der Waals surface area contributed by atoms with Crippen LogP contribution in [0.15, 0.2) is 0 Å². The SMILES string of the molecule is CNC(=O)NCC(C)(CC(=O)O)C(=O)O. The molecule has 1 unspecified atom stereocenters. The molecule has 15 heavy (non-hydrogen) atoms. The number of hydrogen-bond acceptors (Lipinski definition) is 3. The van der Waals surface area contributed by atoms with E-state index in [0.717, 1.165) is 0 Å². The van der Waals surface area contributed by atoms with E-state index in [1.54, 1.807) is 0 Å². The predicted molar refractivity (Wildman–Crippen MR) is 50.5 cm³/mol. The van der Waals surface area contributed by atoms with Crippen LogP contribution in [-0.2, 0) is 9.59 Å². The average molecular weight is 218 g/mol. The molecule has 0 radical (unpaired) electrons. The number of carboxylic acids is 2. The van der Waals surface area contributed by atoms with Crippen LogP contribution in [0.5, 0.6) is 0 Å². The molecule has 0 aromatic heterocycles. The maximum Gasteiger partial charge on any atom is 0.314 e. The van der Waals surface area contributed by atoms with Gasteiger partial charge in [-0.25, -0.2) is 4.79 Å². The van der Waals surface area contributed by atoms with Gasteiger partial charge in [-0.15, -0.1) is 0 Å². The van der Waals surface area contributed by atoms with Crippen molar-refractivity contribution in [1.29, 1.82) is 0 Å². The summed E-state index contributed by atoms with van der Waals surface area (Å²) < 4.78 is 0. The van der Waals surface area contributed by atoms with Crippen molar-refractivity contribution in [3.05, 3.63) is 0 Å². The highest BCUT2D eigenvalue weighted by Crippen LogP contribution is 2.20. The van der Waals surface area contributed by atoms with Gasteiger partial charge in [0, 0.05) is 13.6 Å². The molecule has 86 valence electrons. The largest absolute Gasteiger partial charge is 0.481 e. The van der Waals surface area contributed by atoms with Crippen LogP contribution in [0, 0.1) is 5.41 Å². The van der Waals surface area contributed by atoms with Crippen molar-refractivity contribution in [2.75, 3.05) is 13.6 Å². The number of aliphatic carboxylic acids is 2. The molecule has 1 atom stereocenters. The smallest absolute Gasteiger partial charge is 0.314 e. The van der Waals surface area contributed by atoms with E-state index < -0.39 is 29.8 Å². The quantitative estimate of drug-likeness (QED) is 0.495. The summed E-state index contributed by atoms with van der Waals surface area (Å²) in [5, 5.41) is 21.9. The molecule has 0 rings (SSSR count). The molecule has 7 heteroatoms. The van der Waals surface area contributed by atoms with Crippen LogP contribution in [0.25, 0.3) is 0 Å². The number of carbonyl (C=O) groups excluding carboxylic acids is 1. The summed E-state index contributed by atoms with van der Waals surface area (Å²) in [6.45, 7) is 1.02. The number of carbonyl (C=O) groups is 3. The summed E-state index contributed by atoms with van der Waals surface area (Å²) in [6, 6.07) is -0.548. The normalized spacial score (nSPS) is 13.7. The van der Waals surface area contributed by atoms with Gasteiger partial charge < -0.3 is 20.8 Å². The van der Waals surface area contributed by atoms with E-state index in [4.69, 9.17) is 10.2 Å². The van der Waals surface area contributed by atoms with E-state index in [9.17, 15) is 14.4 Å². The highest BCUT2D eigenvalue weighted by Gasteiger charge is 2.36. The summed E-state index contributed by atoms with van der Waals surface area (Å²) in [5.74, 6) is -2.49. The summed E-state index contributed by atoms with van der Waals surface area (Å²) >= 11 is 0. The van der Waals surface area contributed by atoms with Gasteiger partial charge in [0.05, 0.1) is 11.8 Å². The third-order valence-corrected chi connectivity index (χ3v) is 1.92. The Morgan fingerprint density at radius 1 is 1.27 bits per heavy atom. The van der Waals surface area contributed by atoms with Crippen molar-refractivity contribution < 1.29 is 24.6 Å². The lowest BCUT2D eigenvalue weighted by Crippen LogP contribution is -2.45. The first-order valence-corrected chi connectivity index (χ1v) is 4.22. The maximum absolute atomic E-state index is 10.8. The highest BCUT2D eigenvalue weighted by atomic mass is 16.4. The molecule has 0 heterocycles. The molecule has 0 saturated carbocycles. The monoisotopic (exact) mass is 218 g/mol. The molecule has 0 spiro atoms. The molecule has 0 bridgehead atoms. The molecule has 0 fully saturated rings. The zero-order valence-corrected chi connectivity index (χ0v) is 8.53. The van der Waals surface area contributed by atoms with Gasteiger partial charge in [0.25, 0.3) is 0 Å². The van der Waals surface area contributed by atoms with Crippen LogP contribution in [0.1, 0.15) is 13.3 Å². The van der Waals surface area contributed by atoms with Crippen molar-refractivity contribution >= 4 is 18.0 Å². The molecule has 0 aliphatic rings. The van der Waals surface area contributed by atoms with E-state index in [1.165, 1.54) is 14.0 Å². The number of carboxylic acid groups (broad SMARTS) is 2. The van der Waals surface area contributed by atoms with E-state index in [1.807, 2.05) is 0 Å². The molecule has 0 aromatic rings. The fraction of sp³-hybridized carbons (Fsp3) is 0.625. The van der Waals surface area contributed by atoms with Gasteiger partial charge in [0.1, 0.15) is 0 Å². The van der Waals surface area contributed by atoms with Gasteiger partial charge in [-0.05, 0) is 6.92 Å². The van der Waals surface area contributed by atoms with Crippen molar-refractivity contribution in [2.24, 2.45) is 5.41 Å². The Hall–Kier alpha value is -1.79. The lowest BCUT2D eigenvalue weighted by molar-refractivity contribution is -0.154. The van der Waals surface area contributed by atoms with Gasteiger partial charge in [0.2, 0.25) is 0 Å². The third-order valence-electron chi connectivity index (χ3n) is 1.92. The zero-order valence-electron chi connectivity index (χ0n) is 8.53.